The molecule has 212 valence electrons. The lowest BCUT2D eigenvalue weighted by atomic mass is 9.78. The second-order valence-corrected chi connectivity index (χ2v) is 9.83. The zero-order valence-corrected chi connectivity index (χ0v) is 22.0. The Morgan fingerprint density at radius 1 is 1.10 bits per heavy atom. The Balaban J connectivity index is 1.55. The van der Waals surface area contributed by atoms with Gasteiger partial charge in [-0.3, -0.25) is 9.48 Å². The Morgan fingerprint density at radius 3 is 2.58 bits per heavy atom. The average Bonchev–Trinajstić information content (AvgIpc) is 3.50. The van der Waals surface area contributed by atoms with Gasteiger partial charge >= 0.3 is 12.3 Å². The Kier molecular flexibility index (Phi) is 7.59. The molecule has 1 saturated carbocycles. The number of carboxylic acids is 1. The molecule has 0 spiro atoms. The Hall–Kier alpha value is -4.22. The van der Waals surface area contributed by atoms with Gasteiger partial charge in [-0.15, -0.1) is 13.2 Å². The molecule has 2 unspecified atom stereocenters. The summed E-state index contributed by atoms with van der Waals surface area (Å²) in [5.74, 6) is -0.785. The van der Waals surface area contributed by atoms with Gasteiger partial charge in [-0.2, -0.15) is 5.10 Å². The SMILES string of the molecule is COc1cc(OC(F)(F)F)ccc1Cn1c(C2CCCCC2C(=O)O)nc2ccc(OCc3ccn(C)n3)cc21. The highest BCUT2D eigenvalue weighted by Gasteiger charge is 2.36. The van der Waals surface area contributed by atoms with Gasteiger partial charge in [0.1, 0.15) is 29.7 Å². The van der Waals surface area contributed by atoms with E-state index in [1.54, 1.807) is 10.7 Å². The van der Waals surface area contributed by atoms with E-state index < -0.39 is 24.0 Å². The van der Waals surface area contributed by atoms with Gasteiger partial charge in [0.2, 0.25) is 0 Å². The van der Waals surface area contributed by atoms with Crippen LogP contribution in [0.15, 0.2) is 48.7 Å². The summed E-state index contributed by atoms with van der Waals surface area (Å²) in [6.45, 7) is 0.444. The summed E-state index contributed by atoms with van der Waals surface area (Å²) in [6.07, 6.45) is -0.0900. The minimum Gasteiger partial charge on any atom is -0.496 e. The maximum atomic E-state index is 12.8. The number of alkyl halides is 3. The van der Waals surface area contributed by atoms with Crippen LogP contribution in [-0.4, -0.2) is 43.9 Å². The molecular formula is C28H29F3N4O5. The molecule has 1 aliphatic carbocycles. The molecule has 0 aliphatic heterocycles. The molecule has 2 aromatic carbocycles. The van der Waals surface area contributed by atoms with Crippen LogP contribution in [0.3, 0.4) is 0 Å². The molecule has 2 atom stereocenters. The number of fused-ring (bicyclic) bond motifs is 1. The van der Waals surface area contributed by atoms with Gasteiger partial charge in [0.25, 0.3) is 0 Å². The molecule has 5 rings (SSSR count). The van der Waals surface area contributed by atoms with E-state index in [1.807, 2.05) is 36.0 Å². The molecule has 1 fully saturated rings. The summed E-state index contributed by atoms with van der Waals surface area (Å²) in [5, 5.41) is 14.3. The molecule has 12 heteroatoms. The minimum absolute atomic E-state index is 0.188. The van der Waals surface area contributed by atoms with E-state index in [1.165, 1.54) is 25.3 Å². The van der Waals surface area contributed by atoms with Gasteiger partial charge in [0.15, 0.2) is 0 Å². The van der Waals surface area contributed by atoms with Crippen molar-refractivity contribution in [2.24, 2.45) is 13.0 Å². The monoisotopic (exact) mass is 558 g/mol. The van der Waals surface area contributed by atoms with Crippen LogP contribution < -0.4 is 14.2 Å². The van der Waals surface area contributed by atoms with Gasteiger partial charge in [-0.1, -0.05) is 12.8 Å². The first-order valence-electron chi connectivity index (χ1n) is 12.9. The molecule has 1 N–H and O–H groups in total. The van der Waals surface area contributed by atoms with Gasteiger partial charge in [0, 0.05) is 36.9 Å². The van der Waals surface area contributed by atoms with Crippen molar-refractivity contribution in [2.75, 3.05) is 7.11 Å². The van der Waals surface area contributed by atoms with Gasteiger partial charge in [0.05, 0.1) is 36.3 Å². The number of benzene rings is 2. The second kappa shape index (κ2) is 11.1. The third kappa shape index (κ3) is 6.00. The van der Waals surface area contributed by atoms with Crippen molar-refractivity contribution in [3.05, 3.63) is 65.7 Å². The van der Waals surface area contributed by atoms with Crippen molar-refractivity contribution in [3.63, 3.8) is 0 Å². The summed E-state index contributed by atoms with van der Waals surface area (Å²) < 4.78 is 57.4. The summed E-state index contributed by atoms with van der Waals surface area (Å²) in [4.78, 5) is 17.0. The van der Waals surface area contributed by atoms with Crippen LogP contribution >= 0.6 is 0 Å². The molecule has 2 heterocycles. The third-order valence-electron chi connectivity index (χ3n) is 7.14. The number of rotatable bonds is 9. The predicted octanol–water partition coefficient (Wildman–Crippen LogP) is 5.66. The smallest absolute Gasteiger partial charge is 0.496 e. The van der Waals surface area contributed by atoms with Crippen molar-refractivity contribution < 1.29 is 37.3 Å². The van der Waals surface area contributed by atoms with Crippen molar-refractivity contribution in [1.29, 1.82) is 0 Å². The summed E-state index contributed by atoms with van der Waals surface area (Å²) in [6, 6.07) is 11.2. The van der Waals surface area contributed by atoms with E-state index in [2.05, 4.69) is 9.84 Å². The van der Waals surface area contributed by atoms with E-state index in [0.29, 0.717) is 41.0 Å². The molecule has 9 nitrogen and oxygen atoms in total. The number of aromatic nitrogens is 4. The van der Waals surface area contributed by atoms with Crippen LogP contribution in [0, 0.1) is 5.92 Å². The standard InChI is InChI=1S/C28H29F3N4O5/c1-34-12-11-18(33-34)16-39-19-9-10-23-24(13-19)35(26(32-23)21-5-3-4-6-22(21)27(36)37)15-17-7-8-20(14-25(17)38-2)40-28(29,30)31/h7-14,21-22H,3-6,15-16H2,1-2H3,(H,36,37). The Labute approximate surface area is 228 Å². The zero-order chi connectivity index (χ0) is 28.4. The number of carbonyl (C=O) groups is 1. The lowest BCUT2D eigenvalue weighted by Gasteiger charge is -2.28. The van der Waals surface area contributed by atoms with Gasteiger partial charge in [-0.25, -0.2) is 4.98 Å². The zero-order valence-electron chi connectivity index (χ0n) is 22.0. The summed E-state index contributed by atoms with van der Waals surface area (Å²) in [7, 11) is 3.19. The van der Waals surface area contributed by atoms with Crippen LogP contribution in [0.2, 0.25) is 0 Å². The number of aliphatic carboxylic acids is 1. The van der Waals surface area contributed by atoms with Crippen LogP contribution in [0.5, 0.6) is 17.2 Å². The van der Waals surface area contributed by atoms with E-state index in [-0.39, 0.29) is 24.8 Å². The maximum Gasteiger partial charge on any atom is 0.573 e. The molecule has 0 saturated heterocycles. The number of nitrogens with zero attached hydrogens (tertiary/aromatic N) is 4. The van der Waals surface area contributed by atoms with Crippen molar-refractivity contribution in [2.45, 2.75) is 51.1 Å². The normalized spacial score (nSPS) is 17.6. The third-order valence-corrected chi connectivity index (χ3v) is 7.14. The van der Waals surface area contributed by atoms with Crippen LogP contribution in [0.25, 0.3) is 11.0 Å². The molecule has 2 aromatic heterocycles. The number of halogens is 3. The number of aryl methyl sites for hydroxylation is 1. The van der Waals surface area contributed by atoms with Crippen molar-refractivity contribution in [1.82, 2.24) is 19.3 Å². The van der Waals surface area contributed by atoms with E-state index in [4.69, 9.17) is 14.5 Å². The number of hydrogen-bond donors (Lipinski definition) is 1. The number of carboxylic acid groups (broad SMARTS) is 1. The molecule has 40 heavy (non-hydrogen) atoms. The van der Waals surface area contributed by atoms with Crippen molar-refractivity contribution in [3.8, 4) is 17.2 Å². The lowest BCUT2D eigenvalue weighted by Crippen LogP contribution is -2.27. The largest absolute Gasteiger partial charge is 0.573 e. The first-order chi connectivity index (χ1) is 19.1. The van der Waals surface area contributed by atoms with E-state index in [0.717, 1.165) is 18.5 Å². The van der Waals surface area contributed by atoms with Crippen LogP contribution in [0.1, 0.15) is 48.7 Å². The number of ether oxygens (including phenoxy) is 3. The molecule has 0 bridgehead atoms. The summed E-state index contributed by atoms with van der Waals surface area (Å²) >= 11 is 0. The fraction of sp³-hybridized carbons (Fsp3) is 0.393. The highest BCUT2D eigenvalue weighted by atomic mass is 19.4. The highest BCUT2D eigenvalue weighted by Crippen LogP contribution is 2.40. The van der Waals surface area contributed by atoms with Crippen molar-refractivity contribution >= 4 is 17.0 Å². The first kappa shape index (κ1) is 27.4. The fourth-order valence-corrected chi connectivity index (χ4v) is 5.32. The maximum absolute atomic E-state index is 12.8. The Bertz CT molecular complexity index is 1510. The number of hydrogen-bond acceptors (Lipinski definition) is 6. The van der Waals surface area contributed by atoms with Gasteiger partial charge in [-0.05, 0) is 43.2 Å². The lowest BCUT2D eigenvalue weighted by molar-refractivity contribution is -0.274. The number of methoxy groups -OCH3 is 1. The van der Waals surface area contributed by atoms with Gasteiger partial charge < -0.3 is 23.9 Å². The molecule has 1 aliphatic rings. The first-order valence-corrected chi connectivity index (χ1v) is 12.9. The quantitative estimate of drug-likeness (QED) is 0.283. The highest BCUT2D eigenvalue weighted by molar-refractivity contribution is 5.79. The fourth-order valence-electron chi connectivity index (χ4n) is 5.32. The average molecular weight is 559 g/mol. The second-order valence-electron chi connectivity index (χ2n) is 9.83. The van der Waals surface area contributed by atoms with E-state index in [9.17, 15) is 23.1 Å². The molecule has 0 amide bonds. The Morgan fingerprint density at radius 2 is 1.88 bits per heavy atom. The van der Waals surface area contributed by atoms with E-state index >= 15 is 0 Å². The predicted molar refractivity (Wildman–Crippen MR) is 138 cm³/mol. The molecule has 4 aromatic rings. The molecule has 0 radical (unpaired) electrons. The molecular weight excluding hydrogens is 529 g/mol. The summed E-state index contributed by atoms with van der Waals surface area (Å²) in [5.41, 5.74) is 2.71. The minimum atomic E-state index is -4.83. The van der Waals surface area contributed by atoms with Crippen LogP contribution in [0.4, 0.5) is 13.2 Å². The number of imidazole rings is 1. The van der Waals surface area contributed by atoms with Crippen LogP contribution in [-0.2, 0) is 25.0 Å². The topological polar surface area (TPSA) is 101 Å².